The van der Waals surface area contributed by atoms with Gasteiger partial charge in [0.15, 0.2) is 0 Å². The van der Waals surface area contributed by atoms with Gasteiger partial charge < -0.3 is 10.4 Å². The molecule has 1 aromatic rings. The van der Waals surface area contributed by atoms with Crippen LogP contribution >= 0.6 is 11.6 Å². The van der Waals surface area contributed by atoms with Gasteiger partial charge in [0, 0.05) is 11.5 Å². The highest BCUT2D eigenvalue weighted by molar-refractivity contribution is 6.30. The largest absolute Gasteiger partial charge is 0.394 e. The summed E-state index contributed by atoms with van der Waals surface area (Å²) in [5, 5.41) is 13.2. The normalized spacial score (nSPS) is 14.7. The van der Waals surface area contributed by atoms with E-state index in [4.69, 9.17) is 11.6 Å². The number of anilines is 1. The van der Waals surface area contributed by atoms with E-state index < -0.39 is 5.54 Å². The van der Waals surface area contributed by atoms with Crippen molar-refractivity contribution >= 4 is 17.4 Å². The third-order valence-corrected chi connectivity index (χ3v) is 3.54. The molecule has 0 aliphatic carbocycles. The second kappa shape index (κ2) is 5.85. The number of nitrogens with one attached hydrogen (secondary N) is 1. The van der Waals surface area contributed by atoms with Crippen molar-refractivity contribution in [2.24, 2.45) is 0 Å². The molecule has 0 amide bonds. The van der Waals surface area contributed by atoms with Crippen molar-refractivity contribution in [2.75, 3.05) is 11.9 Å². The van der Waals surface area contributed by atoms with Crippen LogP contribution in [-0.4, -0.2) is 27.2 Å². The summed E-state index contributed by atoms with van der Waals surface area (Å²) in [4.78, 5) is 8.76. The lowest BCUT2D eigenvalue weighted by Gasteiger charge is -2.29. The van der Waals surface area contributed by atoms with E-state index >= 15 is 0 Å². The Bertz CT molecular complexity index is 417. The predicted molar refractivity (Wildman–Crippen MR) is 75.3 cm³/mol. The minimum Gasteiger partial charge on any atom is -0.394 e. The van der Waals surface area contributed by atoms with E-state index in [2.05, 4.69) is 15.3 Å². The first-order chi connectivity index (χ1) is 8.33. The van der Waals surface area contributed by atoms with E-state index in [1.54, 1.807) is 0 Å². The highest BCUT2D eigenvalue weighted by atomic mass is 35.5. The van der Waals surface area contributed by atoms with E-state index in [0.717, 1.165) is 12.0 Å². The quantitative estimate of drug-likeness (QED) is 0.808. The first kappa shape index (κ1) is 15.2. The van der Waals surface area contributed by atoms with Crippen LogP contribution in [0.2, 0.25) is 5.15 Å². The summed E-state index contributed by atoms with van der Waals surface area (Å²) >= 11 is 6.12. The molecule has 0 spiro atoms. The van der Waals surface area contributed by atoms with Crippen molar-refractivity contribution < 1.29 is 5.11 Å². The fourth-order valence-electron chi connectivity index (χ4n) is 1.41. The molecular formula is C13H22ClN3O. The number of aromatic nitrogens is 2. The van der Waals surface area contributed by atoms with Gasteiger partial charge in [-0.15, -0.1) is 0 Å². The number of halogens is 1. The minimum absolute atomic E-state index is 0.0432. The number of hydrogen-bond donors (Lipinski definition) is 2. The van der Waals surface area contributed by atoms with Gasteiger partial charge in [-0.2, -0.15) is 0 Å². The van der Waals surface area contributed by atoms with Gasteiger partial charge in [0.05, 0.1) is 12.1 Å². The molecule has 5 heteroatoms. The summed E-state index contributed by atoms with van der Waals surface area (Å²) < 4.78 is 0. The van der Waals surface area contributed by atoms with Gasteiger partial charge >= 0.3 is 0 Å². The average Bonchev–Trinajstić information content (AvgIpc) is 2.34. The Kier molecular flexibility index (Phi) is 4.93. The van der Waals surface area contributed by atoms with Gasteiger partial charge in [-0.25, -0.2) is 9.97 Å². The van der Waals surface area contributed by atoms with Crippen LogP contribution in [0.15, 0.2) is 0 Å². The van der Waals surface area contributed by atoms with Crippen molar-refractivity contribution in [3.63, 3.8) is 0 Å². The van der Waals surface area contributed by atoms with Gasteiger partial charge in [-0.1, -0.05) is 32.4 Å². The highest BCUT2D eigenvalue weighted by Gasteiger charge is 2.23. The maximum absolute atomic E-state index is 9.45. The molecule has 102 valence electrons. The Balaban J connectivity index is 3.15. The van der Waals surface area contributed by atoms with E-state index in [0.29, 0.717) is 16.8 Å². The summed E-state index contributed by atoms with van der Waals surface area (Å²) in [6, 6.07) is 0. The van der Waals surface area contributed by atoms with Crippen LogP contribution in [0, 0.1) is 6.92 Å². The zero-order valence-corrected chi connectivity index (χ0v) is 12.5. The van der Waals surface area contributed by atoms with Gasteiger partial charge in [-0.3, -0.25) is 0 Å². The number of aliphatic hydroxyl groups is 1. The van der Waals surface area contributed by atoms with E-state index in [1.807, 2.05) is 34.6 Å². The molecule has 0 aliphatic rings. The number of rotatable bonds is 5. The smallest absolute Gasteiger partial charge is 0.137 e. The van der Waals surface area contributed by atoms with E-state index in [-0.39, 0.29) is 12.5 Å². The van der Waals surface area contributed by atoms with Crippen molar-refractivity contribution in [2.45, 2.75) is 52.5 Å². The molecule has 0 saturated heterocycles. The molecule has 1 rings (SSSR count). The Labute approximate surface area is 114 Å². The van der Waals surface area contributed by atoms with Crippen LogP contribution in [0.5, 0.6) is 0 Å². The lowest BCUT2D eigenvalue weighted by Crippen LogP contribution is -2.38. The van der Waals surface area contributed by atoms with Crippen LogP contribution in [0.25, 0.3) is 0 Å². The Morgan fingerprint density at radius 2 is 2.00 bits per heavy atom. The Morgan fingerprint density at radius 3 is 2.44 bits per heavy atom. The van der Waals surface area contributed by atoms with Gasteiger partial charge in [0.2, 0.25) is 0 Å². The lowest BCUT2D eigenvalue weighted by molar-refractivity contribution is 0.218. The van der Waals surface area contributed by atoms with Crippen LogP contribution in [-0.2, 0) is 0 Å². The minimum atomic E-state index is -0.392. The number of hydrogen-bond acceptors (Lipinski definition) is 4. The fraction of sp³-hybridized carbons (Fsp3) is 0.692. The molecule has 1 atom stereocenters. The molecular weight excluding hydrogens is 250 g/mol. The first-order valence-electron chi connectivity index (χ1n) is 6.26. The highest BCUT2D eigenvalue weighted by Crippen LogP contribution is 2.26. The first-order valence-corrected chi connectivity index (χ1v) is 6.64. The lowest BCUT2D eigenvalue weighted by atomic mass is 10.00. The summed E-state index contributed by atoms with van der Waals surface area (Å²) in [5.41, 5.74) is 0.422. The van der Waals surface area contributed by atoms with Gasteiger partial charge in [-0.05, 0) is 20.3 Å². The molecule has 0 fully saturated rings. The average molecular weight is 272 g/mol. The topological polar surface area (TPSA) is 58.0 Å². The van der Waals surface area contributed by atoms with E-state index in [9.17, 15) is 5.11 Å². The van der Waals surface area contributed by atoms with Crippen molar-refractivity contribution in [1.82, 2.24) is 9.97 Å². The molecule has 0 saturated carbocycles. The van der Waals surface area contributed by atoms with Gasteiger partial charge in [0.25, 0.3) is 0 Å². The van der Waals surface area contributed by atoms with Crippen molar-refractivity contribution in [3.05, 3.63) is 16.5 Å². The summed E-state index contributed by atoms with van der Waals surface area (Å²) in [5.74, 6) is 1.63. The zero-order valence-electron chi connectivity index (χ0n) is 11.7. The van der Waals surface area contributed by atoms with Crippen LogP contribution < -0.4 is 5.32 Å². The molecule has 1 unspecified atom stereocenters. The Hall–Kier alpha value is -0.870. The summed E-state index contributed by atoms with van der Waals surface area (Å²) in [7, 11) is 0. The maximum atomic E-state index is 9.45. The van der Waals surface area contributed by atoms with E-state index in [1.165, 1.54) is 0 Å². The zero-order chi connectivity index (χ0) is 13.9. The third kappa shape index (κ3) is 3.33. The monoisotopic (exact) mass is 271 g/mol. The molecule has 0 bridgehead atoms. The van der Waals surface area contributed by atoms with Crippen LogP contribution in [0.4, 0.5) is 5.82 Å². The number of nitrogens with zero attached hydrogens (tertiary/aromatic N) is 2. The molecule has 1 aromatic heterocycles. The van der Waals surface area contributed by atoms with Crippen LogP contribution in [0.3, 0.4) is 0 Å². The summed E-state index contributed by atoms with van der Waals surface area (Å²) in [6.45, 7) is 9.94. The predicted octanol–water partition coefficient (Wildman–Crippen LogP) is 3.13. The van der Waals surface area contributed by atoms with Crippen LogP contribution in [0.1, 0.15) is 51.4 Å². The standard InChI is InChI=1S/C13H22ClN3O/c1-6-13(5,7-18)17-12-9(4)10(14)15-11(16-12)8(2)3/h8,18H,6-7H2,1-5H3,(H,15,16,17). The molecule has 0 aromatic carbocycles. The molecule has 2 N–H and O–H groups in total. The van der Waals surface area contributed by atoms with Gasteiger partial charge in [0.1, 0.15) is 16.8 Å². The second-order valence-electron chi connectivity index (χ2n) is 5.20. The molecule has 4 nitrogen and oxygen atoms in total. The summed E-state index contributed by atoms with van der Waals surface area (Å²) in [6.07, 6.45) is 0.793. The SMILES string of the molecule is CCC(C)(CO)Nc1nc(C(C)C)nc(Cl)c1C. The Morgan fingerprint density at radius 1 is 1.39 bits per heavy atom. The number of aliphatic hydroxyl groups excluding tert-OH is 1. The second-order valence-corrected chi connectivity index (χ2v) is 5.56. The van der Waals surface area contributed by atoms with Crippen molar-refractivity contribution in [3.8, 4) is 0 Å². The molecule has 18 heavy (non-hydrogen) atoms. The third-order valence-electron chi connectivity index (χ3n) is 3.17. The molecule has 0 aliphatic heterocycles. The fourth-order valence-corrected chi connectivity index (χ4v) is 1.59. The molecule has 0 radical (unpaired) electrons. The molecule has 1 heterocycles. The maximum Gasteiger partial charge on any atom is 0.137 e. The van der Waals surface area contributed by atoms with Crippen molar-refractivity contribution in [1.29, 1.82) is 0 Å².